The Bertz CT molecular complexity index is 1100. The van der Waals surface area contributed by atoms with E-state index in [4.69, 9.17) is 0 Å². The molecule has 2 atom stereocenters. The number of hydrogen-bond donors (Lipinski definition) is 1. The SMILES string of the molecule is O=C1CCC=C2Nc3nc(SCc4ccccc4F)nn3[C@@H](c3ccccc3)[C@H]12. The van der Waals surface area contributed by atoms with Gasteiger partial charge in [-0.1, -0.05) is 66.4 Å². The lowest BCUT2D eigenvalue weighted by atomic mass is 9.81. The van der Waals surface area contributed by atoms with Gasteiger partial charge < -0.3 is 5.32 Å². The minimum Gasteiger partial charge on any atom is -0.328 e. The van der Waals surface area contributed by atoms with Crippen LogP contribution in [-0.2, 0) is 10.5 Å². The van der Waals surface area contributed by atoms with E-state index in [-0.39, 0.29) is 23.6 Å². The van der Waals surface area contributed by atoms with Crippen molar-refractivity contribution in [3.05, 3.63) is 83.3 Å². The average molecular weight is 406 g/mol. The van der Waals surface area contributed by atoms with Crippen LogP contribution in [0.3, 0.4) is 0 Å². The molecule has 0 unspecified atom stereocenters. The molecule has 0 bridgehead atoms. The number of ketones is 1. The largest absolute Gasteiger partial charge is 0.328 e. The zero-order valence-electron chi connectivity index (χ0n) is 15.6. The third-order valence-corrected chi connectivity index (χ3v) is 6.23. The molecule has 0 amide bonds. The van der Waals surface area contributed by atoms with Gasteiger partial charge in [-0.25, -0.2) is 9.07 Å². The lowest BCUT2D eigenvalue weighted by molar-refractivity contribution is -0.123. The molecule has 29 heavy (non-hydrogen) atoms. The number of halogens is 1. The van der Waals surface area contributed by atoms with Crippen LogP contribution >= 0.6 is 11.8 Å². The molecular formula is C22H19FN4OS. The van der Waals surface area contributed by atoms with Crippen molar-refractivity contribution < 1.29 is 9.18 Å². The molecule has 2 aromatic carbocycles. The standard InChI is InChI=1S/C22H19FN4OS/c23-16-10-5-4-9-15(16)13-29-22-25-21-24-17-11-6-12-18(28)19(17)20(27(21)26-22)14-7-2-1-3-8-14/h1-5,7-11,19-20H,6,12-13H2,(H,24,25,26)/t19-,20-/m0/s1. The normalized spacial score (nSPS) is 20.4. The van der Waals surface area contributed by atoms with Crippen LogP contribution in [0.15, 0.2) is 71.5 Å². The molecule has 5 rings (SSSR count). The van der Waals surface area contributed by atoms with Crippen molar-refractivity contribution in [3.8, 4) is 0 Å². The zero-order chi connectivity index (χ0) is 19.8. The van der Waals surface area contributed by atoms with E-state index in [1.54, 1.807) is 12.1 Å². The smallest absolute Gasteiger partial charge is 0.227 e. The van der Waals surface area contributed by atoms with E-state index in [1.807, 2.05) is 41.1 Å². The summed E-state index contributed by atoms with van der Waals surface area (Å²) in [4.78, 5) is 17.4. The first-order chi connectivity index (χ1) is 14.2. The van der Waals surface area contributed by atoms with Gasteiger partial charge in [0.25, 0.3) is 0 Å². The van der Waals surface area contributed by atoms with Crippen LogP contribution in [-0.4, -0.2) is 20.5 Å². The van der Waals surface area contributed by atoms with E-state index in [0.29, 0.717) is 28.8 Å². The van der Waals surface area contributed by atoms with Gasteiger partial charge in [-0.2, -0.15) is 4.98 Å². The molecule has 0 spiro atoms. The molecule has 0 radical (unpaired) electrons. The van der Waals surface area contributed by atoms with Crippen LogP contribution in [0.5, 0.6) is 0 Å². The van der Waals surface area contributed by atoms with Crippen LogP contribution in [0.1, 0.15) is 30.0 Å². The summed E-state index contributed by atoms with van der Waals surface area (Å²) in [7, 11) is 0. The topological polar surface area (TPSA) is 59.8 Å². The third kappa shape index (κ3) is 3.35. The van der Waals surface area contributed by atoms with E-state index in [9.17, 15) is 9.18 Å². The maximum absolute atomic E-state index is 13.9. The number of allylic oxidation sites excluding steroid dienone is 2. The number of carbonyl (C=O) groups excluding carboxylic acids is 1. The summed E-state index contributed by atoms with van der Waals surface area (Å²) in [5.74, 6) is 0.755. The van der Waals surface area contributed by atoms with Gasteiger partial charge in [0.1, 0.15) is 11.6 Å². The van der Waals surface area contributed by atoms with Gasteiger partial charge in [-0.3, -0.25) is 4.79 Å². The lowest BCUT2D eigenvalue weighted by Gasteiger charge is -2.36. The molecule has 0 fully saturated rings. The maximum atomic E-state index is 13.9. The van der Waals surface area contributed by atoms with Crippen molar-refractivity contribution in [2.45, 2.75) is 29.8 Å². The fraction of sp³-hybridized carbons (Fsp3) is 0.227. The van der Waals surface area contributed by atoms with Crippen LogP contribution in [0, 0.1) is 11.7 Å². The first-order valence-corrected chi connectivity index (χ1v) is 10.6. The minimum atomic E-state index is -0.287. The average Bonchev–Trinajstić information content (AvgIpc) is 3.15. The number of nitrogens with one attached hydrogen (secondary N) is 1. The second-order valence-corrected chi connectivity index (χ2v) is 8.11. The Hall–Kier alpha value is -2.93. The summed E-state index contributed by atoms with van der Waals surface area (Å²) in [5.41, 5.74) is 2.54. The first-order valence-electron chi connectivity index (χ1n) is 9.58. The van der Waals surface area contributed by atoms with Crippen molar-refractivity contribution in [1.82, 2.24) is 14.8 Å². The second-order valence-electron chi connectivity index (χ2n) is 7.17. The van der Waals surface area contributed by atoms with Crippen LogP contribution in [0.4, 0.5) is 10.3 Å². The molecule has 2 heterocycles. The summed E-state index contributed by atoms with van der Waals surface area (Å²) < 4.78 is 15.7. The monoisotopic (exact) mass is 406 g/mol. The number of hydrogen-bond acceptors (Lipinski definition) is 5. The highest BCUT2D eigenvalue weighted by molar-refractivity contribution is 7.98. The van der Waals surface area contributed by atoms with E-state index < -0.39 is 0 Å². The number of benzene rings is 2. The summed E-state index contributed by atoms with van der Waals surface area (Å²) in [6, 6.07) is 16.4. The molecule has 2 aliphatic rings. The number of nitrogens with zero attached hydrogens (tertiary/aromatic N) is 3. The Morgan fingerprint density at radius 1 is 1.14 bits per heavy atom. The Balaban J connectivity index is 1.51. The lowest BCUT2D eigenvalue weighted by Crippen LogP contribution is -2.38. The summed E-state index contributed by atoms with van der Waals surface area (Å²) >= 11 is 1.39. The molecule has 0 saturated carbocycles. The number of rotatable bonds is 4. The molecular weight excluding hydrogens is 387 g/mol. The Morgan fingerprint density at radius 3 is 2.76 bits per heavy atom. The number of anilines is 1. The van der Waals surface area contributed by atoms with Gasteiger partial charge in [-0.05, 0) is 23.6 Å². The van der Waals surface area contributed by atoms with Crippen LogP contribution in [0.2, 0.25) is 0 Å². The molecule has 3 aromatic rings. The van der Waals surface area contributed by atoms with E-state index in [0.717, 1.165) is 17.7 Å². The van der Waals surface area contributed by atoms with Crippen molar-refractivity contribution >= 4 is 23.5 Å². The van der Waals surface area contributed by atoms with Crippen molar-refractivity contribution in [3.63, 3.8) is 0 Å². The highest BCUT2D eigenvalue weighted by atomic mass is 32.2. The van der Waals surface area contributed by atoms with Gasteiger partial charge in [0.2, 0.25) is 11.1 Å². The number of thioether (sulfide) groups is 1. The maximum Gasteiger partial charge on any atom is 0.227 e. The van der Waals surface area contributed by atoms with Gasteiger partial charge in [0.15, 0.2) is 0 Å². The predicted molar refractivity (Wildman–Crippen MR) is 110 cm³/mol. The Kier molecular flexibility index (Phi) is 4.67. The highest BCUT2D eigenvalue weighted by Gasteiger charge is 2.41. The molecule has 5 nitrogen and oxygen atoms in total. The molecule has 1 N–H and O–H groups in total. The Morgan fingerprint density at radius 2 is 1.93 bits per heavy atom. The zero-order valence-corrected chi connectivity index (χ0v) is 16.4. The number of carbonyl (C=O) groups is 1. The number of aromatic nitrogens is 3. The minimum absolute atomic E-state index is 0.213. The van der Waals surface area contributed by atoms with Gasteiger partial charge in [0.05, 0.1) is 12.0 Å². The van der Waals surface area contributed by atoms with Gasteiger partial charge in [0, 0.05) is 17.9 Å². The van der Waals surface area contributed by atoms with E-state index in [1.165, 1.54) is 17.8 Å². The van der Waals surface area contributed by atoms with Crippen molar-refractivity contribution in [1.29, 1.82) is 0 Å². The number of fused-ring (bicyclic) bond motifs is 2. The van der Waals surface area contributed by atoms with Crippen molar-refractivity contribution in [2.75, 3.05) is 5.32 Å². The number of Topliss-reactive ketones (excluding diaryl/α,β-unsaturated/α-hetero) is 1. The molecule has 0 saturated heterocycles. The predicted octanol–water partition coefficient (Wildman–Crippen LogP) is 4.59. The van der Waals surface area contributed by atoms with Crippen molar-refractivity contribution in [2.24, 2.45) is 5.92 Å². The highest BCUT2D eigenvalue weighted by Crippen LogP contribution is 2.42. The third-order valence-electron chi connectivity index (χ3n) is 5.34. The molecule has 1 aliphatic heterocycles. The fourth-order valence-corrected chi connectivity index (χ4v) is 4.77. The molecule has 7 heteroatoms. The summed E-state index contributed by atoms with van der Waals surface area (Å²) in [6.07, 6.45) is 3.37. The Labute approximate surface area is 172 Å². The summed E-state index contributed by atoms with van der Waals surface area (Å²) in [6.45, 7) is 0. The van der Waals surface area contributed by atoms with E-state index in [2.05, 4.69) is 21.5 Å². The fourth-order valence-electron chi connectivity index (χ4n) is 3.96. The quantitative estimate of drug-likeness (QED) is 0.643. The second kappa shape index (κ2) is 7.48. The van der Waals surface area contributed by atoms with Gasteiger partial charge >= 0.3 is 0 Å². The van der Waals surface area contributed by atoms with Crippen LogP contribution < -0.4 is 5.32 Å². The molecule has 1 aromatic heterocycles. The first kappa shape index (κ1) is 18.1. The molecule has 146 valence electrons. The molecule has 1 aliphatic carbocycles. The van der Waals surface area contributed by atoms with Crippen LogP contribution in [0.25, 0.3) is 0 Å². The van der Waals surface area contributed by atoms with E-state index >= 15 is 0 Å². The van der Waals surface area contributed by atoms with Gasteiger partial charge in [-0.15, -0.1) is 5.10 Å². The summed E-state index contributed by atoms with van der Waals surface area (Å²) in [5, 5.41) is 8.54.